The van der Waals surface area contributed by atoms with Gasteiger partial charge < -0.3 is 9.84 Å². The van der Waals surface area contributed by atoms with Crippen molar-refractivity contribution in [2.24, 2.45) is 11.8 Å². The highest BCUT2D eigenvalue weighted by Gasteiger charge is 2.42. The van der Waals surface area contributed by atoms with Gasteiger partial charge in [0.1, 0.15) is 5.75 Å². The number of hydrogen-bond acceptors (Lipinski definition) is 4. The van der Waals surface area contributed by atoms with Crippen LogP contribution in [0.1, 0.15) is 30.1 Å². The fraction of sp³-hybridized carbons (Fsp3) is 0.346. The van der Waals surface area contributed by atoms with Crippen LogP contribution < -0.4 is 4.74 Å². The average molecular weight is 435 g/mol. The van der Waals surface area contributed by atoms with Crippen molar-refractivity contribution in [3.05, 3.63) is 77.0 Å². The van der Waals surface area contributed by atoms with Gasteiger partial charge in [-0.25, -0.2) is 0 Å². The summed E-state index contributed by atoms with van der Waals surface area (Å²) in [5.41, 5.74) is 3.00. The quantitative estimate of drug-likeness (QED) is 0.587. The summed E-state index contributed by atoms with van der Waals surface area (Å²) in [6, 6.07) is 15.9. The maximum atomic E-state index is 11.4. The molecule has 31 heavy (non-hydrogen) atoms. The Morgan fingerprint density at radius 2 is 2.03 bits per heavy atom. The van der Waals surface area contributed by atoms with Crippen LogP contribution in [0.15, 0.2) is 60.8 Å². The molecule has 0 saturated carbocycles. The van der Waals surface area contributed by atoms with Gasteiger partial charge >= 0.3 is 0 Å². The number of aromatic nitrogens is 1. The molecule has 3 aliphatic rings. The average Bonchev–Trinajstić information content (AvgIpc) is 2.83. The van der Waals surface area contributed by atoms with Crippen LogP contribution in [0, 0.1) is 11.8 Å². The van der Waals surface area contributed by atoms with E-state index in [0.717, 1.165) is 46.7 Å². The van der Waals surface area contributed by atoms with Crippen LogP contribution in [0.5, 0.6) is 5.75 Å². The van der Waals surface area contributed by atoms with Crippen LogP contribution in [-0.2, 0) is 0 Å². The maximum absolute atomic E-state index is 11.4. The molecule has 6 rings (SSSR count). The molecule has 1 N–H and O–H groups in total. The van der Waals surface area contributed by atoms with Crippen LogP contribution in [0.25, 0.3) is 17.0 Å². The predicted octanol–water partition coefficient (Wildman–Crippen LogP) is 5.35. The highest BCUT2D eigenvalue weighted by atomic mass is 35.5. The number of piperidine rings is 3. The van der Waals surface area contributed by atoms with Crippen LogP contribution in [-0.4, -0.2) is 41.2 Å². The number of aliphatic hydroxyl groups excluding tert-OH is 1. The number of pyridine rings is 1. The van der Waals surface area contributed by atoms with E-state index in [9.17, 15) is 5.11 Å². The summed E-state index contributed by atoms with van der Waals surface area (Å²) < 4.78 is 5.40. The minimum atomic E-state index is -0.540. The smallest absolute Gasteiger partial charge is 0.119 e. The van der Waals surface area contributed by atoms with Crippen LogP contribution >= 0.6 is 11.6 Å². The number of halogens is 1. The number of aliphatic hydroxyl groups is 1. The molecule has 4 heterocycles. The van der Waals surface area contributed by atoms with E-state index in [1.807, 2.05) is 36.4 Å². The van der Waals surface area contributed by atoms with E-state index in [2.05, 4.69) is 34.2 Å². The summed E-state index contributed by atoms with van der Waals surface area (Å²) >= 11 is 6.00. The van der Waals surface area contributed by atoms with E-state index < -0.39 is 6.10 Å². The van der Waals surface area contributed by atoms with Crippen molar-refractivity contribution < 1.29 is 9.84 Å². The van der Waals surface area contributed by atoms with Crippen LogP contribution in [0.2, 0.25) is 5.02 Å². The molecule has 0 radical (unpaired) electrons. The molecule has 3 aliphatic heterocycles. The lowest BCUT2D eigenvalue weighted by Gasteiger charge is -2.50. The standard InChI is InChI=1S/C26H27ClN2O2/c1-31-21-8-9-24-23(15-21)22(10-12-28-24)26(30)25-14-18-11-13-29(25)16-19(18)5-2-17-3-6-20(27)7-4-17/h2-10,12,15,18-19,25-26,30H,11,13-14,16H2,1H3/b5-2+/t18-,19+,25-,26-/m1/s1. The Kier molecular flexibility index (Phi) is 5.70. The summed E-state index contributed by atoms with van der Waals surface area (Å²) in [5.74, 6) is 1.89. The molecule has 3 saturated heterocycles. The Hall–Kier alpha value is -2.40. The third kappa shape index (κ3) is 4.08. The van der Waals surface area contributed by atoms with Gasteiger partial charge in [0.15, 0.2) is 0 Å². The molecule has 0 aliphatic carbocycles. The summed E-state index contributed by atoms with van der Waals surface area (Å²) in [4.78, 5) is 6.93. The van der Waals surface area contributed by atoms with Gasteiger partial charge in [-0.1, -0.05) is 35.9 Å². The molecule has 2 bridgehead atoms. The molecule has 0 spiro atoms. The van der Waals surface area contributed by atoms with Gasteiger partial charge in [0.05, 0.1) is 18.7 Å². The van der Waals surface area contributed by atoms with Crippen molar-refractivity contribution in [3.8, 4) is 5.75 Å². The number of ether oxygens (including phenoxy) is 1. The molecule has 5 heteroatoms. The van der Waals surface area contributed by atoms with Gasteiger partial charge in [-0.15, -0.1) is 0 Å². The van der Waals surface area contributed by atoms with Crippen molar-refractivity contribution in [1.29, 1.82) is 0 Å². The third-order valence-corrected chi connectivity index (χ3v) is 7.17. The zero-order valence-corrected chi connectivity index (χ0v) is 18.4. The summed E-state index contributed by atoms with van der Waals surface area (Å²) in [5, 5.41) is 13.1. The van der Waals surface area contributed by atoms with Crippen molar-refractivity contribution in [1.82, 2.24) is 9.88 Å². The zero-order valence-electron chi connectivity index (χ0n) is 17.6. The van der Waals surface area contributed by atoms with Gasteiger partial charge in [0.25, 0.3) is 0 Å². The maximum Gasteiger partial charge on any atom is 0.119 e. The number of benzene rings is 2. The van der Waals surface area contributed by atoms with Gasteiger partial charge in [-0.05, 0) is 78.7 Å². The van der Waals surface area contributed by atoms with Gasteiger partial charge in [-0.3, -0.25) is 9.88 Å². The molecule has 4 nitrogen and oxygen atoms in total. The first-order chi connectivity index (χ1) is 15.1. The number of fused-ring (bicyclic) bond motifs is 4. The molecular formula is C26H27ClN2O2. The summed E-state index contributed by atoms with van der Waals surface area (Å²) in [6.45, 7) is 2.03. The number of methoxy groups -OCH3 is 1. The second-order valence-corrected chi connectivity index (χ2v) is 9.09. The van der Waals surface area contributed by atoms with E-state index >= 15 is 0 Å². The minimum absolute atomic E-state index is 0.135. The molecule has 2 aromatic carbocycles. The van der Waals surface area contributed by atoms with Crippen molar-refractivity contribution in [3.63, 3.8) is 0 Å². The molecule has 0 amide bonds. The summed E-state index contributed by atoms with van der Waals surface area (Å²) in [6.07, 6.45) is 7.99. The fourth-order valence-corrected chi connectivity index (χ4v) is 5.33. The Balaban J connectivity index is 1.35. The van der Waals surface area contributed by atoms with Crippen LogP contribution in [0.3, 0.4) is 0 Å². The van der Waals surface area contributed by atoms with Crippen molar-refractivity contribution in [2.45, 2.75) is 25.0 Å². The minimum Gasteiger partial charge on any atom is -0.497 e. The van der Waals surface area contributed by atoms with E-state index in [1.165, 1.54) is 12.0 Å². The monoisotopic (exact) mass is 434 g/mol. The fourth-order valence-electron chi connectivity index (χ4n) is 5.20. The van der Waals surface area contributed by atoms with Gasteiger partial charge in [0, 0.05) is 29.2 Å². The predicted molar refractivity (Wildman–Crippen MR) is 125 cm³/mol. The molecule has 1 unspecified atom stereocenters. The van der Waals surface area contributed by atoms with E-state index in [-0.39, 0.29) is 6.04 Å². The molecule has 5 atom stereocenters. The zero-order chi connectivity index (χ0) is 21.4. The van der Waals surface area contributed by atoms with Gasteiger partial charge in [-0.2, -0.15) is 0 Å². The third-order valence-electron chi connectivity index (χ3n) is 6.92. The van der Waals surface area contributed by atoms with Gasteiger partial charge in [0.2, 0.25) is 0 Å². The van der Waals surface area contributed by atoms with E-state index in [0.29, 0.717) is 11.8 Å². The molecule has 3 fully saturated rings. The summed E-state index contributed by atoms with van der Waals surface area (Å²) in [7, 11) is 1.66. The Labute approximate surface area is 188 Å². The number of rotatable bonds is 5. The van der Waals surface area contributed by atoms with Crippen LogP contribution in [0.4, 0.5) is 0 Å². The van der Waals surface area contributed by atoms with E-state index in [1.54, 1.807) is 13.3 Å². The number of hydrogen-bond donors (Lipinski definition) is 1. The topological polar surface area (TPSA) is 45.6 Å². The second-order valence-electron chi connectivity index (χ2n) is 8.65. The van der Waals surface area contributed by atoms with Crippen molar-refractivity contribution >= 4 is 28.6 Å². The highest BCUT2D eigenvalue weighted by molar-refractivity contribution is 6.30. The molecular weight excluding hydrogens is 408 g/mol. The second kappa shape index (κ2) is 8.62. The normalized spacial score (nSPS) is 26.4. The first-order valence-electron chi connectivity index (χ1n) is 10.9. The molecule has 160 valence electrons. The molecule has 3 aromatic rings. The molecule has 1 aromatic heterocycles. The Morgan fingerprint density at radius 1 is 1.19 bits per heavy atom. The van der Waals surface area contributed by atoms with E-state index in [4.69, 9.17) is 16.3 Å². The Morgan fingerprint density at radius 3 is 2.77 bits per heavy atom. The SMILES string of the molecule is COc1ccc2nccc([C@@H](O)[C@H]3C[C@H]4CCN3C[C@@H]4/C=C/c3ccc(Cl)cc3)c2c1. The van der Waals surface area contributed by atoms with Crippen molar-refractivity contribution in [2.75, 3.05) is 20.2 Å². The largest absolute Gasteiger partial charge is 0.497 e. The number of nitrogens with zero attached hydrogens (tertiary/aromatic N) is 2. The first kappa shape index (κ1) is 20.5. The lowest BCUT2D eigenvalue weighted by molar-refractivity contribution is -0.0444. The lowest BCUT2D eigenvalue weighted by atomic mass is 9.73. The lowest BCUT2D eigenvalue weighted by Crippen LogP contribution is -2.54. The Bertz CT molecular complexity index is 1100. The highest BCUT2D eigenvalue weighted by Crippen LogP contribution is 2.42. The first-order valence-corrected chi connectivity index (χ1v) is 11.3.